The molecule has 0 saturated carbocycles. The van der Waals surface area contributed by atoms with Gasteiger partial charge in [0.05, 0.1) is 39.6 Å². The van der Waals surface area contributed by atoms with Gasteiger partial charge in [-0.3, -0.25) is 4.79 Å². The van der Waals surface area contributed by atoms with E-state index in [1.165, 1.54) is 0 Å². The van der Waals surface area contributed by atoms with Crippen molar-refractivity contribution in [2.24, 2.45) is 5.73 Å². The van der Waals surface area contributed by atoms with E-state index in [1.807, 2.05) is 0 Å². The van der Waals surface area contributed by atoms with Gasteiger partial charge in [-0.1, -0.05) is 0 Å². The highest BCUT2D eigenvalue weighted by molar-refractivity contribution is 5.42. The van der Waals surface area contributed by atoms with Gasteiger partial charge in [0.25, 0.3) is 0 Å². The summed E-state index contributed by atoms with van der Waals surface area (Å²) in [5, 5.41) is 16.5. The summed E-state index contributed by atoms with van der Waals surface area (Å²) in [6.45, 7) is 1.73. The minimum Gasteiger partial charge on any atom is -0.394 e. The number of aliphatic hydroxyl groups is 2. The average molecular weight is 195 g/mol. The Morgan fingerprint density at radius 2 is 1.31 bits per heavy atom. The molecule has 0 aromatic rings. The smallest absolute Gasteiger partial charge is 0.204 e. The molecule has 13 heavy (non-hydrogen) atoms. The monoisotopic (exact) mass is 195 g/mol. The first kappa shape index (κ1) is 14.8. The number of nitrogens with two attached hydrogens (primary N) is 1. The highest BCUT2D eigenvalue weighted by Crippen LogP contribution is 1.76. The first-order valence-corrected chi connectivity index (χ1v) is 3.86. The summed E-state index contributed by atoms with van der Waals surface area (Å²) in [6, 6.07) is 0. The lowest BCUT2D eigenvalue weighted by atomic mass is 10.7. The summed E-state index contributed by atoms with van der Waals surface area (Å²) in [5.41, 5.74) is 4.17. The van der Waals surface area contributed by atoms with Crippen molar-refractivity contribution in [3.8, 4) is 0 Å². The summed E-state index contributed by atoms with van der Waals surface area (Å²) in [6.07, 6.45) is 0.250. The van der Waals surface area contributed by atoms with Crippen LogP contribution in [-0.4, -0.2) is 56.3 Å². The van der Waals surface area contributed by atoms with Crippen molar-refractivity contribution < 1.29 is 24.5 Å². The van der Waals surface area contributed by atoms with Gasteiger partial charge in [-0.25, -0.2) is 0 Å². The fourth-order valence-corrected chi connectivity index (χ4v) is 0.451. The van der Waals surface area contributed by atoms with E-state index in [-0.39, 0.29) is 19.6 Å². The summed E-state index contributed by atoms with van der Waals surface area (Å²) in [5.74, 6) is 0. The Kier molecular flexibility index (Phi) is 19.8. The zero-order chi connectivity index (χ0) is 10.4. The second kappa shape index (κ2) is 17.4. The van der Waals surface area contributed by atoms with Crippen LogP contribution in [-0.2, 0) is 14.3 Å². The van der Waals surface area contributed by atoms with Crippen LogP contribution in [0.25, 0.3) is 0 Å². The first-order chi connectivity index (χ1) is 6.33. The van der Waals surface area contributed by atoms with Gasteiger partial charge in [-0.2, -0.15) is 0 Å². The Hall–Kier alpha value is -0.690. The molecule has 0 unspecified atom stereocenters. The molecule has 6 heteroatoms. The minimum absolute atomic E-state index is 0.0417. The number of hydrogen-bond donors (Lipinski definition) is 3. The van der Waals surface area contributed by atoms with E-state index >= 15 is 0 Å². The Labute approximate surface area is 77.3 Å². The molecule has 0 saturated heterocycles. The second-order valence-electron chi connectivity index (χ2n) is 1.81. The average Bonchev–Trinajstić information content (AvgIpc) is 2.13. The van der Waals surface area contributed by atoms with Gasteiger partial charge < -0.3 is 25.4 Å². The standard InChI is InChI=1S/C6H14O4.CH3NO/c7-1-3-9-5-6-10-4-2-8;2-1-3/h7-8H,1-6H2;1H,(H2,2,3). The molecule has 0 heterocycles. The number of rotatable bonds is 7. The van der Waals surface area contributed by atoms with Crippen LogP contribution in [0.3, 0.4) is 0 Å². The Morgan fingerprint density at radius 3 is 1.54 bits per heavy atom. The lowest BCUT2D eigenvalue weighted by Crippen LogP contribution is -2.09. The molecule has 0 fully saturated rings. The molecule has 0 aliphatic carbocycles. The Balaban J connectivity index is 0. The van der Waals surface area contributed by atoms with Crippen LogP contribution < -0.4 is 5.73 Å². The van der Waals surface area contributed by atoms with Gasteiger partial charge in [0.2, 0.25) is 6.41 Å². The maximum atomic E-state index is 8.58. The molecule has 6 nitrogen and oxygen atoms in total. The van der Waals surface area contributed by atoms with Crippen molar-refractivity contribution in [1.29, 1.82) is 0 Å². The molecule has 0 aromatic heterocycles. The van der Waals surface area contributed by atoms with Gasteiger partial charge in [0, 0.05) is 0 Å². The highest BCUT2D eigenvalue weighted by atomic mass is 16.5. The fraction of sp³-hybridized carbons (Fsp3) is 0.857. The van der Waals surface area contributed by atoms with Gasteiger partial charge >= 0.3 is 0 Å². The predicted octanol–water partition coefficient (Wildman–Crippen LogP) is -1.89. The maximum Gasteiger partial charge on any atom is 0.204 e. The molecule has 4 N–H and O–H groups in total. The molecule has 0 bridgehead atoms. The number of amides is 1. The molecule has 0 aliphatic rings. The molecule has 1 amide bonds. The molecule has 80 valence electrons. The lowest BCUT2D eigenvalue weighted by molar-refractivity contribution is -0.106. The number of ether oxygens (including phenoxy) is 2. The minimum atomic E-state index is 0.0417. The van der Waals surface area contributed by atoms with Gasteiger partial charge in [-0.05, 0) is 0 Å². The van der Waals surface area contributed by atoms with Crippen molar-refractivity contribution in [1.82, 2.24) is 0 Å². The summed E-state index contributed by atoms with van der Waals surface area (Å²) >= 11 is 0. The zero-order valence-electron chi connectivity index (χ0n) is 7.52. The summed E-state index contributed by atoms with van der Waals surface area (Å²) in [7, 11) is 0. The number of hydrogen-bond acceptors (Lipinski definition) is 5. The van der Waals surface area contributed by atoms with Crippen LogP contribution >= 0.6 is 0 Å². The highest BCUT2D eigenvalue weighted by Gasteiger charge is 1.86. The largest absolute Gasteiger partial charge is 0.394 e. The first-order valence-electron chi connectivity index (χ1n) is 3.86. The van der Waals surface area contributed by atoms with E-state index in [2.05, 4.69) is 5.73 Å². The zero-order valence-corrected chi connectivity index (χ0v) is 7.52. The summed E-state index contributed by atoms with van der Waals surface area (Å²) < 4.78 is 9.75. The third-order valence-electron chi connectivity index (χ3n) is 0.843. The van der Waals surface area contributed by atoms with Crippen molar-refractivity contribution in [3.05, 3.63) is 0 Å². The molecule has 0 atom stereocenters. The molecule has 0 aliphatic heterocycles. The molecular formula is C7H17NO5. The van der Waals surface area contributed by atoms with Crippen LogP contribution in [0.2, 0.25) is 0 Å². The van der Waals surface area contributed by atoms with Crippen LogP contribution in [0.1, 0.15) is 0 Å². The van der Waals surface area contributed by atoms with E-state index in [9.17, 15) is 0 Å². The van der Waals surface area contributed by atoms with Gasteiger partial charge in [0.15, 0.2) is 0 Å². The number of primary amides is 1. The van der Waals surface area contributed by atoms with Gasteiger partial charge in [0.1, 0.15) is 0 Å². The Bertz CT molecular complexity index is 83.0. The van der Waals surface area contributed by atoms with Crippen LogP contribution in [0.4, 0.5) is 0 Å². The third-order valence-corrected chi connectivity index (χ3v) is 0.843. The molecular weight excluding hydrogens is 178 g/mol. The van der Waals surface area contributed by atoms with Crippen molar-refractivity contribution >= 4 is 6.41 Å². The molecule has 0 spiro atoms. The molecule has 0 aromatic carbocycles. The normalized spacial score (nSPS) is 8.77. The van der Waals surface area contributed by atoms with Gasteiger partial charge in [-0.15, -0.1) is 0 Å². The number of aliphatic hydroxyl groups excluding tert-OH is 2. The topological polar surface area (TPSA) is 102 Å². The maximum absolute atomic E-state index is 8.58. The quantitative estimate of drug-likeness (QED) is 0.325. The fourth-order valence-electron chi connectivity index (χ4n) is 0.451. The molecule has 0 radical (unpaired) electrons. The van der Waals surface area contributed by atoms with E-state index in [0.29, 0.717) is 26.4 Å². The van der Waals surface area contributed by atoms with E-state index in [4.69, 9.17) is 24.5 Å². The van der Waals surface area contributed by atoms with Crippen molar-refractivity contribution in [2.45, 2.75) is 0 Å². The van der Waals surface area contributed by atoms with E-state index in [0.717, 1.165) is 0 Å². The summed E-state index contributed by atoms with van der Waals surface area (Å²) in [4.78, 5) is 8.58. The van der Waals surface area contributed by atoms with Crippen LogP contribution in [0.15, 0.2) is 0 Å². The second-order valence-corrected chi connectivity index (χ2v) is 1.81. The SMILES string of the molecule is NC=O.OCCOCCOCCO. The van der Waals surface area contributed by atoms with Crippen molar-refractivity contribution in [2.75, 3.05) is 39.6 Å². The molecule has 0 rings (SSSR count). The predicted molar refractivity (Wildman–Crippen MR) is 46.1 cm³/mol. The number of carbonyl (C=O) groups is 1. The number of carbonyl (C=O) groups excluding carboxylic acids is 1. The van der Waals surface area contributed by atoms with E-state index in [1.54, 1.807) is 0 Å². The lowest BCUT2D eigenvalue weighted by Gasteiger charge is -2.01. The Morgan fingerprint density at radius 1 is 1.00 bits per heavy atom. The third kappa shape index (κ3) is 24.6. The van der Waals surface area contributed by atoms with Crippen LogP contribution in [0.5, 0.6) is 0 Å². The van der Waals surface area contributed by atoms with Crippen molar-refractivity contribution in [3.63, 3.8) is 0 Å². The van der Waals surface area contributed by atoms with E-state index < -0.39 is 0 Å². The van der Waals surface area contributed by atoms with Crippen LogP contribution in [0, 0.1) is 0 Å².